The van der Waals surface area contributed by atoms with Crippen LogP contribution >= 0.6 is 0 Å². The van der Waals surface area contributed by atoms with Crippen molar-refractivity contribution in [3.63, 3.8) is 0 Å². The lowest BCUT2D eigenvalue weighted by Crippen LogP contribution is -2.25. The van der Waals surface area contributed by atoms with Gasteiger partial charge >= 0.3 is 0 Å². The average Bonchev–Trinajstić information content (AvgIpc) is 3.89. The van der Waals surface area contributed by atoms with Gasteiger partial charge < -0.3 is 14.5 Å². The van der Waals surface area contributed by atoms with Gasteiger partial charge in [-0.25, -0.2) is 4.98 Å². The highest BCUT2D eigenvalue weighted by Gasteiger charge is 2.31. The zero-order chi connectivity index (χ0) is 50.6. The Morgan fingerprint density at radius 1 is 0.621 bits per heavy atom. The number of ether oxygens (including phenoxy) is 1. The molecule has 0 fully saturated rings. The van der Waals surface area contributed by atoms with Crippen LogP contribution in [0.3, 0.4) is 0 Å². The number of hydrogen-bond donors (Lipinski definition) is 0. The fraction of sp³-hybridized carbons (Fsp3) is 0.113. The molecule has 1 aliphatic rings. The van der Waals surface area contributed by atoms with Crippen molar-refractivity contribution in [1.29, 1.82) is 0 Å². The molecular formula is C53H44N4O. The van der Waals surface area contributed by atoms with E-state index in [1.165, 1.54) is 6.07 Å². The Labute approximate surface area is 358 Å². The van der Waals surface area contributed by atoms with Gasteiger partial charge in [0.05, 0.1) is 41.8 Å². The molecule has 1 aliphatic heterocycles. The molecule has 0 spiro atoms. The van der Waals surface area contributed by atoms with Crippen LogP contribution in [0.4, 0.5) is 22.7 Å². The highest BCUT2D eigenvalue weighted by molar-refractivity contribution is 6.09. The normalized spacial score (nSPS) is 16.1. The summed E-state index contributed by atoms with van der Waals surface area (Å²) in [6.07, 6.45) is 1.81. The quantitative estimate of drug-likeness (QED) is 0.162. The van der Waals surface area contributed by atoms with Gasteiger partial charge in [0.1, 0.15) is 24.0 Å². The SMILES string of the molecule is [2H]c1c([2H])c([2H])c(-c2cccc(-c3c([2H])c([2H])c([2H])c([2H])c3[2H])c2N2CN(c3cc(Oc4ccc5c6ccccc6n(-c6cc(C(C)(C)C)ccn6)c5c4)cc(C([2H])([2H])[2H])c3)c3ccccc32)c([2H])c1[2H]. The predicted molar refractivity (Wildman–Crippen MR) is 241 cm³/mol. The maximum Gasteiger partial charge on any atom is 0.137 e. The van der Waals surface area contributed by atoms with Gasteiger partial charge in [-0.1, -0.05) is 130 Å². The summed E-state index contributed by atoms with van der Waals surface area (Å²) in [6, 6.07) is 29.0. The van der Waals surface area contributed by atoms with Crippen LogP contribution in [0.5, 0.6) is 11.5 Å². The minimum absolute atomic E-state index is 0.0151. The van der Waals surface area contributed by atoms with E-state index in [4.69, 9.17) is 27.5 Å². The fourth-order valence-electron chi connectivity index (χ4n) is 7.84. The second-order valence-electron chi connectivity index (χ2n) is 15.2. The molecule has 10 rings (SSSR count). The lowest BCUT2D eigenvalue weighted by atomic mass is 9.88. The van der Waals surface area contributed by atoms with Gasteiger partial charge in [0.15, 0.2) is 0 Å². The molecule has 0 aliphatic carbocycles. The highest BCUT2D eigenvalue weighted by Crippen LogP contribution is 2.50. The number of para-hydroxylation sites is 4. The van der Waals surface area contributed by atoms with Crippen LogP contribution in [0.1, 0.15) is 49.7 Å². The van der Waals surface area contributed by atoms with E-state index in [-0.39, 0.29) is 51.3 Å². The van der Waals surface area contributed by atoms with Crippen LogP contribution < -0.4 is 14.5 Å². The topological polar surface area (TPSA) is 33.5 Å². The molecule has 9 aromatic rings. The molecule has 0 saturated carbocycles. The van der Waals surface area contributed by atoms with Crippen molar-refractivity contribution in [2.24, 2.45) is 0 Å². The number of benzene rings is 7. The third-order valence-corrected chi connectivity index (χ3v) is 10.5. The molecule has 0 saturated heterocycles. The van der Waals surface area contributed by atoms with Crippen molar-refractivity contribution < 1.29 is 22.6 Å². The Morgan fingerprint density at radius 2 is 1.29 bits per heavy atom. The number of fused-ring (bicyclic) bond motifs is 4. The second kappa shape index (κ2) is 14.1. The lowest BCUT2D eigenvalue weighted by Gasteiger charge is -2.27. The number of rotatable bonds is 7. The van der Waals surface area contributed by atoms with E-state index in [0.29, 0.717) is 22.8 Å². The van der Waals surface area contributed by atoms with Crippen molar-refractivity contribution in [3.05, 3.63) is 193 Å². The molecule has 0 bridgehead atoms. The third kappa shape index (κ3) is 6.25. The van der Waals surface area contributed by atoms with Gasteiger partial charge in [-0.2, -0.15) is 0 Å². The molecule has 0 atom stereocenters. The molecule has 3 heterocycles. The van der Waals surface area contributed by atoms with E-state index in [1.807, 2.05) is 53.4 Å². The summed E-state index contributed by atoms with van der Waals surface area (Å²) in [5.41, 5.74) is 4.40. The van der Waals surface area contributed by atoms with Crippen molar-refractivity contribution in [2.75, 3.05) is 16.5 Å². The fourth-order valence-corrected chi connectivity index (χ4v) is 7.84. The summed E-state index contributed by atoms with van der Waals surface area (Å²) in [4.78, 5) is 8.42. The maximum atomic E-state index is 9.04. The van der Waals surface area contributed by atoms with Crippen molar-refractivity contribution >= 4 is 44.6 Å². The highest BCUT2D eigenvalue weighted by atomic mass is 16.5. The smallest absolute Gasteiger partial charge is 0.137 e. The van der Waals surface area contributed by atoms with E-state index in [0.717, 1.165) is 33.2 Å². The van der Waals surface area contributed by atoms with Gasteiger partial charge in [0.25, 0.3) is 0 Å². The first kappa shape index (κ1) is 23.8. The monoisotopic (exact) mass is 765 g/mol. The first-order valence-electron chi connectivity index (χ1n) is 25.4. The van der Waals surface area contributed by atoms with E-state index < -0.39 is 67.3 Å². The zero-order valence-electron chi connectivity index (χ0n) is 45.0. The summed E-state index contributed by atoms with van der Waals surface area (Å²) in [5.74, 6) is 1.38. The van der Waals surface area contributed by atoms with Gasteiger partial charge in [0, 0.05) is 50.0 Å². The molecule has 0 unspecified atom stereocenters. The van der Waals surface area contributed by atoms with Crippen LogP contribution in [-0.4, -0.2) is 16.2 Å². The Balaban J connectivity index is 1.14. The van der Waals surface area contributed by atoms with Crippen molar-refractivity contribution in [3.8, 4) is 39.6 Å². The van der Waals surface area contributed by atoms with Crippen LogP contribution in [-0.2, 0) is 5.41 Å². The van der Waals surface area contributed by atoms with Crippen molar-refractivity contribution in [1.82, 2.24) is 9.55 Å². The molecule has 2 aromatic heterocycles. The minimum Gasteiger partial charge on any atom is -0.457 e. The van der Waals surface area contributed by atoms with Crippen LogP contribution in [0.15, 0.2) is 182 Å². The van der Waals surface area contributed by atoms with Gasteiger partial charge in [0.2, 0.25) is 0 Å². The lowest BCUT2D eigenvalue weighted by molar-refractivity contribution is 0.483. The number of aromatic nitrogens is 2. The second-order valence-corrected chi connectivity index (χ2v) is 15.2. The summed E-state index contributed by atoms with van der Waals surface area (Å²) < 4.78 is 122. The average molecular weight is 766 g/mol. The third-order valence-electron chi connectivity index (χ3n) is 10.5. The molecule has 5 nitrogen and oxygen atoms in total. The largest absolute Gasteiger partial charge is 0.457 e. The zero-order valence-corrected chi connectivity index (χ0v) is 32.0. The summed E-state index contributed by atoms with van der Waals surface area (Å²) in [5, 5.41) is 1.98. The molecule has 0 radical (unpaired) electrons. The predicted octanol–water partition coefficient (Wildman–Crippen LogP) is 14.2. The number of hydrogen-bond acceptors (Lipinski definition) is 4. The van der Waals surface area contributed by atoms with Gasteiger partial charge in [-0.3, -0.25) is 4.57 Å². The van der Waals surface area contributed by atoms with Crippen LogP contribution in [0.25, 0.3) is 49.9 Å². The molecular weight excluding hydrogens is 709 g/mol. The number of aryl methyl sites for hydroxylation is 1. The van der Waals surface area contributed by atoms with E-state index in [9.17, 15) is 0 Å². The molecule has 7 aromatic carbocycles. The minimum atomic E-state index is -2.59. The molecule has 0 amide bonds. The summed E-state index contributed by atoms with van der Waals surface area (Å²) >= 11 is 0. The standard InChI is InChI=1S/C53H44N4O/c1-36-30-40(33-42(31-36)58-41-26-27-46-45-20-11-12-23-47(45)57(50(46)34-41)51-32-39(28-29-54-51)53(2,3)4)55-35-56(49-25-14-13-24-48(49)55)52-43(37-16-7-5-8-17-37)21-15-22-44(52)38-18-9-6-10-19-38/h5-34H,35H2,1-4H3/i1D3,5D,6D,7D,8D,9D,10D,16D,17D,18D,19D. The number of nitrogens with zero attached hydrogens (tertiary/aromatic N) is 4. The molecule has 0 N–H and O–H groups in total. The van der Waals surface area contributed by atoms with Crippen LogP contribution in [0, 0.1) is 6.85 Å². The molecule has 58 heavy (non-hydrogen) atoms. The number of pyridine rings is 1. The Hall–Kier alpha value is -7.11. The van der Waals surface area contributed by atoms with E-state index in [2.05, 4.69) is 37.5 Å². The van der Waals surface area contributed by atoms with E-state index >= 15 is 0 Å². The number of anilines is 4. The van der Waals surface area contributed by atoms with Gasteiger partial charge in [-0.15, -0.1) is 0 Å². The van der Waals surface area contributed by atoms with Crippen molar-refractivity contribution in [2.45, 2.75) is 33.0 Å². The van der Waals surface area contributed by atoms with E-state index in [1.54, 1.807) is 59.6 Å². The summed E-state index contributed by atoms with van der Waals surface area (Å²) in [6.45, 7) is 3.78. The molecule has 5 heteroatoms. The summed E-state index contributed by atoms with van der Waals surface area (Å²) in [7, 11) is 0. The maximum absolute atomic E-state index is 9.04. The Bertz CT molecular complexity index is 3530. The first-order valence-corrected chi connectivity index (χ1v) is 18.9. The first-order chi connectivity index (χ1) is 33.6. The van der Waals surface area contributed by atoms with Gasteiger partial charge in [-0.05, 0) is 89.1 Å². The van der Waals surface area contributed by atoms with Crippen LogP contribution in [0.2, 0.25) is 0 Å². The molecule has 282 valence electrons. The Kier molecular flexibility index (Phi) is 5.81. The Morgan fingerprint density at radius 3 is 2.00 bits per heavy atom.